The topological polar surface area (TPSA) is 26.3 Å². The van der Waals surface area contributed by atoms with E-state index < -0.39 is 40.8 Å². The number of esters is 1. The van der Waals surface area contributed by atoms with Gasteiger partial charge in [0, 0.05) is 0 Å². The van der Waals surface area contributed by atoms with E-state index in [2.05, 4.69) is 4.74 Å². The van der Waals surface area contributed by atoms with Crippen LogP contribution in [0.3, 0.4) is 0 Å². The van der Waals surface area contributed by atoms with Crippen molar-refractivity contribution in [2.24, 2.45) is 0 Å². The quantitative estimate of drug-likeness (QED) is 0.583. The summed E-state index contributed by atoms with van der Waals surface area (Å²) in [6.45, 7) is 0. The van der Waals surface area contributed by atoms with Crippen LogP contribution in [0.15, 0.2) is 12.1 Å². The highest BCUT2D eigenvalue weighted by Crippen LogP contribution is 2.38. The summed E-state index contributed by atoms with van der Waals surface area (Å²) in [6, 6.07) is -0.531. The van der Waals surface area contributed by atoms with Gasteiger partial charge in [-0.25, -0.2) is 9.18 Å². The summed E-state index contributed by atoms with van der Waals surface area (Å²) in [7, 11) is 0.680. The standard InChI is InChI=1S/C10H5F7O2/c1-19-8(18)7-5(10(15,16)17)2-4(3-6(7)11)9(12,13)14/h2-3H,1H3. The number of alkyl halides is 6. The summed E-state index contributed by atoms with van der Waals surface area (Å²) >= 11 is 0. The molecule has 0 aliphatic heterocycles. The predicted molar refractivity (Wildman–Crippen MR) is 47.7 cm³/mol. The lowest BCUT2D eigenvalue weighted by atomic mass is 10.0. The molecule has 0 aliphatic carbocycles. The molecule has 106 valence electrons. The second-order valence-electron chi connectivity index (χ2n) is 3.37. The minimum Gasteiger partial charge on any atom is -0.465 e. The molecule has 0 aliphatic rings. The third-order valence-electron chi connectivity index (χ3n) is 2.11. The minimum atomic E-state index is -5.33. The fourth-order valence-electron chi connectivity index (χ4n) is 1.30. The molecule has 0 saturated carbocycles. The van der Waals surface area contributed by atoms with Gasteiger partial charge in [0.25, 0.3) is 0 Å². The monoisotopic (exact) mass is 290 g/mol. The van der Waals surface area contributed by atoms with E-state index in [1.807, 2.05) is 0 Å². The molecule has 0 saturated heterocycles. The lowest BCUT2D eigenvalue weighted by molar-refractivity contribution is -0.143. The zero-order chi connectivity index (χ0) is 15.0. The Bertz CT molecular complexity index is 502. The SMILES string of the molecule is COC(=O)c1c(F)cc(C(F)(F)F)cc1C(F)(F)F. The Kier molecular flexibility index (Phi) is 3.78. The van der Waals surface area contributed by atoms with Crippen molar-refractivity contribution < 1.29 is 40.3 Å². The highest BCUT2D eigenvalue weighted by atomic mass is 19.4. The largest absolute Gasteiger partial charge is 0.465 e. The van der Waals surface area contributed by atoms with Crippen molar-refractivity contribution in [3.05, 3.63) is 34.6 Å². The first-order valence-corrected chi connectivity index (χ1v) is 4.54. The fraction of sp³-hybridized carbons (Fsp3) is 0.300. The van der Waals surface area contributed by atoms with Gasteiger partial charge < -0.3 is 4.74 Å². The van der Waals surface area contributed by atoms with Crippen LogP contribution in [-0.4, -0.2) is 13.1 Å². The maximum Gasteiger partial charge on any atom is 0.417 e. The Labute approximate surface area is 101 Å². The highest BCUT2D eigenvalue weighted by molar-refractivity contribution is 5.91. The van der Waals surface area contributed by atoms with Crippen LogP contribution in [0.5, 0.6) is 0 Å². The first-order chi connectivity index (χ1) is 8.48. The van der Waals surface area contributed by atoms with E-state index in [1.54, 1.807) is 0 Å². The smallest absolute Gasteiger partial charge is 0.417 e. The normalized spacial score (nSPS) is 12.4. The van der Waals surface area contributed by atoms with Crippen molar-refractivity contribution in [2.45, 2.75) is 12.4 Å². The average Bonchev–Trinajstić information content (AvgIpc) is 2.24. The van der Waals surface area contributed by atoms with E-state index >= 15 is 0 Å². The first kappa shape index (κ1) is 15.3. The van der Waals surface area contributed by atoms with E-state index in [-0.39, 0.29) is 12.1 Å². The number of hydrogen-bond acceptors (Lipinski definition) is 2. The number of ether oxygens (including phenoxy) is 1. The average molecular weight is 290 g/mol. The molecule has 0 aromatic heterocycles. The number of halogens is 7. The summed E-state index contributed by atoms with van der Waals surface area (Å²) in [5.41, 5.74) is -5.46. The van der Waals surface area contributed by atoms with Crippen molar-refractivity contribution in [1.29, 1.82) is 0 Å². The molecule has 0 unspecified atom stereocenters. The van der Waals surface area contributed by atoms with Gasteiger partial charge >= 0.3 is 18.3 Å². The van der Waals surface area contributed by atoms with Crippen LogP contribution in [0.25, 0.3) is 0 Å². The summed E-state index contributed by atoms with van der Waals surface area (Å²) in [5.74, 6) is -3.66. The van der Waals surface area contributed by atoms with E-state index in [1.165, 1.54) is 0 Å². The van der Waals surface area contributed by atoms with Gasteiger partial charge in [0.15, 0.2) is 0 Å². The lowest BCUT2D eigenvalue weighted by Crippen LogP contribution is -2.19. The molecule has 19 heavy (non-hydrogen) atoms. The van der Waals surface area contributed by atoms with Gasteiger partial charge in [-0.3, -0.25) is 0 Å². The van der Waals surface area contributed by atoms with Crippen LogP contribution >= 0.6 is 0 Å². The molecule has 1 aromatic carbocycles. The summed E-state index contributed by atoms with van der Waals surface area (Å²) < 4.78 is 91.8. The lowest BCUT2D eigenvalue weighted by Gasteiger charge is -2.15. The van der Waals surface area contributed by atoms with E-state index in [4.69, 9.17) is 0 Å². The maximum absolute atomic E-state index is 13.3. The zero-order valence-corrected chi connectivity index (χ0v) is 9.12. The van der Waals surface area contributed by atoms with Gasteiger partial charge in [0.1, 0.15) is 11.4 Å². The molecule has 2 nitrogen and oxygen atoms in total. The van der Waals surface area contributed by atoms with Crippen LogP contribution in [-0.2, 0) is 17.1 Å². The van der Waals surface area contributed by atoms with E-state index in [9.17, 15) is 35.5 Å². The highest BCUT2D eigenvalue weighted by Gasteiger charge is 2.41. The maximum atomic E-state index is 13.3. The Morgan fingerprint density at radius 1 is 1.05 bits per heavy atom. The molecular weight excluding hydrogens is 285 g/mol. The van der Waals surface area contributed by atoms with E-state index in [0.29, 0.717) is 7.11 Å². The van der Waals surface area contributed by atoms with Crippen LogP contribution in [0.2, 0.25) is 0 Å². The van der Waals surface area contributed by atoms with Crippen molar-refractivity contribution in [3.63, 3.8) is 0 Å². The second-order valence-corrected chi connectivity index (χ2v) is 3.37. The van der Waals surface area contributed by atoms with E-state index in [0.717, 1.165) is 0 Å². The third kappa shape index (κ3) is 3.15. The molecule has 1 aromatic rings. The van der Waals surface area contributed by atoms with Crippen molar-refractivity contribution >= 4 is 5.97 Å². The van der Waals surface area contributed by atoms with Crippen LogP contribution in [0, 0.1) is 5.82 Å². The number of carbonyl (C=O) groups is 1. The Morgan fingerprint density at radius 3 is 1.95 bits per heavy atom. The molecule has 0 amide bonds. The predicted octanol–water partition coefficient (Wildman–Crippen LogP) is 3.65. The molecule has 1 rings (SSSR count). The van der Waals surface area contributed by atoms with Gasteiger partial charge in [-0.2, -0.15) is 26.3 Å². The van der Waals surface area contributed by atoms with Crippen LogP contribution in [0.1, 0.15) is 21.5 Å². The Balaban J connectivity index is 3.62. The molecule has 0 N–H and O–H groups in total. The number of benzene rings is 1. The third-order valence-corrected chi connectivity index (χ3v) is 2.11. The van der Waals surface area contributed by atoms with Crippen molar-refractivity contribution in [1.82, 2.24) is 0 Å². The molecule has 0 heterocycles. The fourth-order valence-corrected chi connectivity index (χ4v) is 1.30. The van der Waals surface area contributed by atoms with Crippen molar-refractivity contribution in [2.75, 3.05) is 7.11 Å². The molecule has 0 fully saturated rings. The molecule has 0 spiro atoms. The summed E-state index contributed by atoms with van der Waals surface area (Å²) in [6.07, 6.45) is -10.5. The number of carbonyl (C=O) groups excluding carboxylic acids is 1. The van der Waals surface area contributed by atoms with Gasteiger partial charge in [-0.1, -0.05) is 0 Å². The molecule has 0 atom stereocenters. The Hall–Kier alpha value is -1.80. The Morgan fingerprint density at radius 2 is 1.58 bits per heavy atom. The number of methoxy groups -OCH3 is 1. The van der Waals surface area contributed by atoms with Crippen molar-refractivity contribution in [3.8, 4) is 0 Å². The number of hydrogen-bond donors (Lipinski definition) is 0. The van der Waals surface area contributed by atoms with Gasteiger partial charge in [-0.05, 0) is 12.1 Å². The van der Waals surface area contributed by atoms with Crippen LogP contribution < -0.4 is 0 Å². The molecule has 0 radical (unpaired) electrons. The summed E-state index contributed by atoms with van der Waals surface area (Å²) in [4.78, 5) is 11.0. The zero-order valence-electron chi connectivity index (χ0n) is 9.12. The summed E-state index contributed by atoms with van der Waals surface area (Å²) in [5, 5.41) is 0. The first-order valence-electron chi connectivity index (χ1n) is 4.54. The molecule has 0 bridgehead atoms. The van der Waals surface area contributed by atoms with Gasteiger partial charge in [-0.15, -0.1) is 0 Å². The molecule has 9 heteroatoms. The minimum absolute atomic E-state index is 0.193. The van der Waals surface area contributed by atoms with Gasteiger partial charge in [0.05, 0.1) is 18.2 Å². The molecular formula is C10H5F7O2. The second kappa shape index (κ2) is 4.71. The van der Waals surface area contributed by atoms with Crippen LogP contribution in [0.4, 0.5) is 30.7 Å². The van der Waals surface area contributed by atoms with Gasteiger partial charge in [0.2, 0.25) is 0 Å². The number of rotatable bonds is 1.